The number of anilines is 1. The van der Waals surface area contributed by atoms with Crippen LogP contribution in [0.1, 0.15) is 10.4 Å². The summed E-state index contributed by atoms with van der Waals surface area (Å²) in [4.78, 5) is 13.8. The Labute approximate surface area is 138 Å². The Bertz CT molecular complexity index is 671. The predicted octanol–water partition coefficient (Wildman–Crippen LogP) is 4.47. The molecule has 2 rings (SSSR count). The fourth-order valence-corrected chi connectivity index (χ4v) is 2.42. The normalized spacial score (nSPS) is 11.1. The van der Waals surface area contributed by atoms with Gasteiger partial charge in [-0.25, -0.2) is 0 Å². The molecule has 0 fully saturated rings. The molecular formula is C15H11F3INO2. The van der Waals surface area contributed by atoms with Crippen LogP contribution in [0.3, 0.4) is 0 Å². The van der Waals surface area contributed by atoms with Gasteiger partial charge in [0, 0.05) is 16.3 Å². The van der Waals surface area contributed by atoms with Crippen molar-refractivity contribution < 1.29 is 22.7 Å². The van der Waals surface area contributed by atoms with Crippen molar-refractivity contribution in [3.05, 3.63) is 57.7 Å². The number of rotatable bonds is 3. The van der Waals surface area contributed by atoms with E-state index in [2.05, 4.69) is 27.3 Å². The molecule has 0 N–H and O–H groups in total. The van der Waals surface area contributed by atoms with Crippen LogP contribution in [0.5, 0.6) is 5.75 Å². The minimum Gasteiger partial charge on any atom is -0.406 e. The molecule has 7 heteroatoms. The number of hydrogen-bond donors (Lipinski definition) is 0. The number of ether oxygens (including phenoxy) is 1. The zero-order valence-electron chi connectivity index (χ0n) is 11.4. The van der Waals surface area contributed by atoms with E-state index in [1.165, 1.54) is 29.2 Å². The van der Waals surface area contributed by atoms with Crippen molar-refractivity contribution in [2.45, 2.75) is 6.36 Å². The second kappa shape index (κ2) is 6.55. The van der Waals surface area contributed by atoms with Gasteiger partial charge < -0.3 is 9.64 Å². The number of nitrogens with zero attached hydrogens (tertiary/aromatic N) is 1. The van der Waals surface area contributed by atoms with Gasteiger partial charge in [-0.1, -0.05) is 12.1 Å². The van der Waals surface area contributed by atoms with Crippen molar-refractivity contribution in [2.75, 3.05) is 11.9 Å². The Morgan fingerprint density at radius 2 is 1.68 bits per heavy atom. The highest BCUT2D eigenvalue weighted by atomic mass is 127. The van der Waals surface area contributed by atoms with Gasteiger partial charge in [0.1, 0.15) is 5.75 Å². The average Bonchev–Trinajstić information content (AvgIpc) is 2.45. The van der Waals surface area contributed by atoms with Gasteiger partial charge in [0.05, 0.1) is 5.56 Å². The predicted molar refractivity (Wildman–Crippen MR) is 85.0 cm³/mol. The molecule has 2 aromatic rings. The molecule has 0 unspecified atom stereocenters. The number of carbonyl (C=O) groups excluding carboxylic acids is 1. The van der Waals surface area contributed by atoms with Crippen LogP contribution >= 0.6 is 22.6 Å². The topological polar surface area (TPSA) is 29.5 Å². The molecule has 0 aliphatic heterocycles. The summed E-state index contributed by atoms with van der Waals surface area (Å²) in [5.41, 5.74) is 1.00. The molecule has 116 valence electrons. The van der Waals surface area contributed by atoms with Gasteiger partial charge in [-0.3, -0.25) is 4.79 Å². The monoisotopic (exact) mass is 421 g/mol. The third kappa shape index (κ3) is 4.12. The maximum Gasteiger partial charge on any atom is 0.573 e. The molecule has 0 saturated heterocycles. The van der Waals surface area contributed by atoms with Crippen LogP contribution in [0.2, 0.25) is 0 Å². The molecule has 0 atom stereocenters. The van der Waals surface area contributed by atoms with Crippen molar-refractivity contribution in [2.24, 2.45) is 0 Å². The number of carbonyl (C=O) groups is 1. The highest BCUT2D eigenvalue weighted by Crippen LogP contribution is 2.26. The van der Waals surface area contributed by atoms with Crippen molar-refractivity contribution >= 4 is 34.2 Å². The number of hydrogen-bond acceptors (Lipinski definition) is 2. The summed E-state index contributed by atoms with van der Waals surface area (Å²) in [5, 5.41) is 0. The molecule has 1 amide bonds. The first kappa shape index (κ1) is 16.6. The van der Waals surface area contributed by atoms with Gasteiger partial charge in [-0.2, -0.15) is 0 Å². The largest absolute Gasteiger partial charge is 0.573 e. The second-order valence-electron chi connectivity index (χ2n) is 4.39. The summed E-state index contributed by atoms with van der Waals surface area (Å²) in [7, 11) is 1.56. The van der Waals surface area contributed by atoms with E-state index < -0.39 is 6.36 Å². The van der Waals surface area contributed by atoms with Crippen LogP contribution in [0.25, 0.3) is 0 Å². The highest BCUT2D eigenvalue weighted by Gasteiger charge is 2.31. The summed E-state index contributed by atoms with van der Waals surface area (Å²) in [5.74, 6) is -0.569. The molecule has 2 aromatic carbocycles. The molecule has 0 aliphatic rings. The number of alkyl halides is 3. The van der Waals surface area contributed by atoms with Crippen LogP contribution in [0.4, 0.5) is 18.9 Å². The lowest BCUT2D eigenvalue weighted by Crippen LogP contribution is -2.27. The summed E-state index contributed by atoms with van der Waals surface area (Å²) < 4.78 is 40.9. The van der Waals surface area contributed by atoms with Crippen molar-refractivity contribution in [1.82, 2.24) is 0 Å². The Hall–Kier alpha value is -1.77. The van der Waals surface area contributed by atoms with E-state index in [4.69, 9.17) is 0 Å². The Kier molecular flexibility index (Phi) is 4.94. The Morgan fingerprint density at radius 3 is 2.23 bits per heavy atom. The summed E-state index contributed by atoms with van der Waals surface area (Å²) in [6, 6.07) is 12.2. The molecule has 0 heterocycles. The first-order valence-corrected chi connectivity index (χ1v) is 7.24. The lowest BCUT2D eigenvalue weighted by atomic mass is 10.2. The minimum absolute atomic E-state index is 0.241. The molecule has 3 nitrogen and oxygen atoms in total. The Morgan fingerprint density at radius 1 is 1.09 bits per heavy atom. The number of halogens is 4. The van der Waals surface area contributed by atoms with E-state index in [0.717, 1.165) is 3.57 Å². The first-order valence-electron chi connectivity index (χ1n) is 6.16. The summed E-state index contributed by atoms with van der Waals surface area (Å²) in [6.45, 7) is 0. The quantitative estimate of drug-likeness (QED) is 0.685. The van der Waals surface area contributed by atoms with Crippen LogP contribution < -0.4 is 9.64 Å². The molecule has 0 bridgehead atoms. The van der Waals surface area contributed by atoms with Crippen LogP contribution in [-0.2, 0) is 0 Å². The van der Waals surface area contributed by atoms with E-state index in [0.29, 0.717) is 11.3 Å². The number of amides is 1. The van der Waals surface area contributed by atoms with E-state index in [1.807, 2.05) is 12.1 Å². The first-order chi connectivity index (χ1) is 10.3. The lowest BCUT2D eigenvalue weighted by molar-refractivity contribution is -0.274. The molecular weight excluding hydrogens is 410 g/mol. The molecule has 0 aliphatic carbocycles. The smallest absolute Gasteiger partial charge is 0.406 e. The second-order valence-corrected chi connectivity index (χ2v) is 5.55. The zero-order valence-corrected chi connectivity index (χ0v) is 13.6. The molecule has 0 aromatic heterocycles. The van der Waals surface area contributed by atoms with Crippen molar-refractivity contribution in [3.63, 3.8) is 0 Å². The van der Waals surface area contributed by atoms with E-state index >= 15 is 0 Å². The third-order valence-electron chi connectivity index (χ3n) is 2.87. The maximum atomic E-state index is 12.4. The van der Waals surface area contributed by atoms with Crippen LogP contribution in [0.15, 0.2) is 48.5 Å². The Balaban J connectivity index is 2.18. The van der Waals surface area contributed by atoms with E-state index in [9.17, 15) is 18.0 Å². The van der Waals surface area contributed by atoms with Crippen molar-refractivity contribution in [1.29, 1.82) is 0 Å². The SMILES string of the molecule is CN(C(=O)c1ccccc1I)c1ccc(OC(F)(F)F)cc1. The zero-order chi connectivity index (χ0) is 16.3. The fourth-order valence-electron chi connectivity index (χ4n) is 1.80. The van der Waals surface area contributed by atoms with Gasteiger partial charge in [0.25, 0.3) is 5.91 Å². The van der Waals surface area contributed by atoms with Gasteiger partial charge in [-0.15, -0.1) is 13.2 Å². The fraction of sp³-hybridized carbons (Fsp3) is 0.133. The van der Waals surface area contributed by atoms with Crippen molar-refractivity contribution in [3.8, 4) is 5.75 Å². The van der Waals surface area contributed by atoms with E-state index in [1.54, 1.807) is 19.2 Å². The molecule has 0 saturated carbocycles. The molecule has 22 heavy (non-hydrogen) atoms. The van der Waals surface area contributed by atoms with Gasteiger partial charge in [0.15, 0.2) is 0 Å². The number of benzene rings is 2. The van der Waals surface area contributed by atoms with Gasteiger partial charge >= 0.3 is 6.36 Å². The molecule has 0 radical (unpaired) electrons. The van der Waals surface area contributed by atoms with E-state index in [-0.39, 0.29) is 11.7 Å². The highest BCUT2D eigenvalue weighted by molar-refractivity contribution is 14.1. The summed E-state index contributed by atoms with van der Waals surface area (Å²) >= 11 is 2.06. The third-order valence-corrected chi connectivity index (χ3v) is 3.81. The van der Waals surface area contributed by atoms with Gasteiger partial charge in [0.2, 0.25) is 0 Å². The lowest BCUT2D eigenvalue weighted by Gasteiger charge is -2.18. The van der Waals surface area contributed by atoms with Crippen LogP contribution in [0, 0.1) is 3.57 Å². The minimum atomic E-state index is -4.73. The standard InChI is InChI=1S/C15H11F3INO2/c1-20(14(21)12-4-2-3-5-13(12)19)10-6-8-11(9-7-10)22-15(16,17)18/h2-9H,1H3. The maximum absolute atomic E-state index is 12.4. The van der Waals surface area contributed by atoms with Gasteiger partial charge in [-0.05, 0) is 59.0 Å². The summed E-state index contributed by atoms with van der Waals surface area (Å²) in [6.07, 6.45) is -4.73. The molecule has 0 spiro atoms. The van der Waals surface area contributed by atoms with Crippen LogP contribution in [-0.4, -0.2) is 19.3 Å². The average molecular weight is 421 g/mol.